The summed E-state index contributed by atoms with van der Waals surface area (Å²) in [4.78, 5) is 35.4. The third-order valence-corrected chi connectivity index (χ3v) is 5.15. The summed E-state index contributed by atoms with van der Waals surface area (Å²) in [6, 6.07) is 13.1. The maximum atomic E-state index is 12.4. The van der Waals surface area contributed by atoms with Gasteiger partial charge in [0.15, 0.2) is 17.3 Å². The number of nitrogen functional groups attached to an aromatic ring is 1. The van der Waals surface area contributed by atoms with E-state index in [1.54, 1.807) is 30.6 Å². The van der Waals surface area contributed by atoms with Crippen LogP contribution in [0.4, 0.5) is 11.6 Å². The number of rotatable bonds is 4. The number of carbonyl (C=O) groups excluding carboxylic acids is 1. The van der Waals surface area contributed by atoms with Gasteiger partial charge in [-0.25, -0.2) is 15.0 Å². The van der Waals surface area contributed by atoms with Gasteiger partial charge in [-0.2, -0.15) is 0 Å². The Hall–Kier alpha value is -4.01. The maximum Gasteiger partial charge on any atom is 0.270 e. The maximum absolute atomic E-state index is 12.4. The van der Waals surface area contributed by atoms with E-state index in [0.717, 1.165) is 24.0 Å². The van der Waals surface area contributed by atoms with Crippen LogP contribution in [0.2, 0.25) is 0 Å². The van der Waals surface area contributed by atoms with Gasteiger partial charge >= 0.3 is 0 Å². The van der Waals surface area contributed by atoms with E-state index in [2.05, 4.69) is 30.2 Å². The molecule has 1 aliphatic rings. The molecule has 0 bridgehead atoms. The van der Waals surface area contributed by atoms with Gasteiger partial charge in [0, 0.05) is 29.6 Å². The highest BCUT2D eigenvalue weighted by Crippen LogP contribution is 2.26. The molecule has 9 nitrogen and oxygen atoms in total. The Morgan fingerprint density at radius 2 is 2.03 bits per heavy atom. The Balaban J connectivity index is 0.00000128. The summed E-state index contributed by atoms with van der Waals surface area (Å²) in [5.41, 5.74) is 8.77. The fourth-order valence-corrected chi connectivity index (χ4v) is 3.62. The number of fused-ring (bicyclic) bond motifs is 1. The zero-order valence-electron chi connectivity index (χ0n) is 16.1. The fourth-order valence-electron chi connectivity index (χ4n) is 3.62. The molecule has 9 heteroatoms. The molecule has 0 unspecified atom stereocenters. The van der Waals surface area contributed by atoms with Crippen LogP contribution < -0.4 is 16.0 Å². The number of hydrogen-bond donors (Lipinski definition) is 3. The Morgan fingerprint density at radius 1 is 1.17 bits per heavy atom. The van der Waals surface area contributed by atoms with Crippen LogP contribution in [0.3, 0.4) is 0 Å². The van der Waals surface area contributed by atoms with Crippen LogP contribution in [0.15, 0.2) is 54.9 Å². The number of imidazole rings is 1. The van der Waals surface area contributed by atoms with Gasteiger partial charge in [0.25, 0.3) is 5.91 Å². The standard InChI is InChI=1S/C21H20N8O.3H2/c22-19-18(20-26-14-5-1-2-6-15(14)27-20)28-17(11-24-19)29-10-8-13(12-29)25-21(30)16-7-3-4-9-23-16;;;/h1-7,9,11,13H,8,10,12H2,(H2,22,24)(H,25,30)(H,26,27);3*1H/t13-;;;/m0.../s1. The second-order valence-electron chi connectivity index (χ2n) is 7.18. The largest absolute Gasteiger partial charge is 0.382 e. The third-order valence-electron chi connectivity index (χ3n) is 5.15. The number of anilines is 2. The summed E-state index contributed by atoms with van der Waals surface area (Å²) in [6.45, 7) is 1.39. The lowest BCUT2D eigenvalue weighted by molar-refractivity contribution is 0.0935. The van der Waals surface area contributed by atoms with E-state index < -0.39 is 0 Å². The van der Waals surface area contributed by atoms with E-state index >= 15 is 0 Å². The van der Waals surface area contributed by atoms with E-state index in [1.165, 1.54) is 0 Å². The third kappa shape index (κ3) is 3.41. The summed E-state index contributed by atoms with van der Waals surface area (Å²) in [7, 11) is 0. The minimum Gasteiger partial charge on any atom is -0.382 e. The lowest BCUT2D eigenvalue weighted by atomic mass is 10.2. The number of carbonyl (C=O) groups is 1. The first-order valence-electron chi connectivity index (χ1n) is 9.72. The Labute approximate surface area is 176 Å². The van der Waals surface area contributed by atoms with Crippen molar-refractivity contribution in [2.24, 2.45) is 0 Å². The molecular weight excluding hydrogens is 380 g/mol. The number of nitrogens with two attached hydrogens (primary N) is 1. The van der Waals surface area contributed by atoms with Crippen LogP contribution in [0.25, 0.3) is 22.6 Å². The van der Waals surface area contributed by atoms with Crippen LogP contribution >= 0.6 is 0 Å². The SMILES string of the molecule is Nc1ncc(N2CC[C@H](NC(=O)c3ccccn3)C2)nc1-c1nc2ccccc2[nH]1.[HH].[HH].[HH]. The van der Waals surface area contributed by atoms with Crippen molar-refractivity contribution in [2.75, 3.05) is 23.7 Å². The first-order chi connectivity index (χ1) is 14.7. The molecule has 0 saturated carbocycles. The number of aromatic nitrogens is 5. The van der Waals surface area contributed by atoms with Gasteiger partial charge in [0.05, 0.1) is 17.2 Å². The highest BCUT2D eigenvalue weighted by molar-refractivity contribution is 5.92. The van der Waals surface area contributed by atoms with Crippen LogP contribution in [0.1, 0.15) is 21.2 Å². The van der Waals surface area contributed by atoms with Gasteiger partial charge in [-0.1, -0.05) is 18.2 Å². The molecule has 1 aliphatic heterocycles. The van der Waals surface area contributed by atoms with Gasteiger partial charge in [-0.15, -0.1) is 0 Å². The molecule has 1 fully saturated rings. The minimum absolute atomic E-state index is 0. The summed E-state index contributed by atoms with van der Waals surface area (Å²) in [6.07, 6.45) is 4.08. The first-order valence-corrected chi connectivity index (χ1v) is 9.72. The van der Waals surface area contributed by atoms with Crippen LogP contribution in [-0.4, -0.2) is 50.0 Å². The molecule has 1 aromatic carbocycles. The van der Waals surface area contributed by atoms with Crippen LogP contribution in [0.5, 0.6) is 0 Å². The highest BCUT2D eigenvalue weighted by Gasteiger charge is 2.26. The zero-order valence-corrected chi connectivity index (χ0v) is 16.1. The predicted octanol–water partition coefficient (Wildman–Crippen LogP) is 2.74. The summed E-state index contributed by atoms with van der Waals surface area (Å²) in [5.74, 6) is 1.43. The molecule has 3 aromatic heterocycles. The average molecular weight is 406 g/mol. The molecule has 1 atom stereocenters. The molecule has 4 heterocycles. The van der Waals surface area contributed by atoms with Crippen molar-refractivity contribution in [3.8, 4) is 11.5 Å². The van der Waals surface area contributed by atoms with Gasteiger partial charge in [0.2, 0.25) is 0 Å². The fraction of sp³-hybridized carbons (Fsp3) is 0.190. The smallest absolute Gasteiger partial charge is 0.270 e. The lowest BCUT2D eigenvalue weighted by Gasteiger charge is -2.18. The van der Waals surface area contributed by atoms with E-state index in [4.69, 9.17) is 10.7 Å². The molecule has 4 aromatic rings. The van der Waals surface area contributed by atoms with Crippen LogP contribution in [0, 0.1) is 0 Å². The van der Waals surface area contributed by atoms with Crippen molar-refractivity contribution in [2.45, 2.75) is 12.5 Å². The number of pyridine rings is 1. The molecule has 1 amide bonds. The van der Waals surface area contributed by atoms with Gasteiger partial charge in [-0.05, 0) is 30.7 Å². The molecule has 1 saturated heterocycles. The highest BCUT2D eigenvalue weighted by atomic mass is 16.1. The van der Waals surface area contributed by atoms with Gasteiger partial charge in [0.1, 0.15) is 11.5 Å². The normalized spacial score (nSPS) is 16.1. The van der Waals surface area contributed by atoms with Crippen molar-refractivity contribution in [3.05, 3.63) is 60.6 Å². The molecule has 156 valence electrons. The average Bonchev–Trinajstić information content (AvgIpc) is 3.41. The van der Waals surface area contributed by atoms with Gasteiger partial charge < -0.3 is 20.9 Å². The second kappa shape index (κ2) is 7.43. The Bertz CT molecular complexity index is 1190. The summed E-state index contributed by atoms with van der Waals surface area (Å²) < 4.78 is 0. The number of hydrogen-bond acceptors (Lipinski definition) is 7. The topological polar surface area (TPSA) is 126 Å². The minimum atomic E-state index is -0.172. The van der Waals surface area contributed by atoms with Crippen molar-refractivity contribution >= 4 is 28.6 Å². The summed E-state index contributed by atoms with van der Waals surface area (Å²) >= 11 is 0. The summed E-state index contributed by atoms with van der Waals surface area (Å²) in [5, 5.41) is 3.04. The molecular formula is C21H26N8O. The van der Waals surface area contributed by atoms with Crippen molar-refractivity contribution in [3.63, 3.8) is 0 Å². The first kappa shape index (κ1) is 18.0. The Kier molecular flexibility index (Phi) is 4.47. The van der Waals surface area contributed by atoms with Crippen molar-refractivity contribution < 1.29 is 9.07 Å². The molecule has 0 aliphatic carbocycles. The monoisotopic (exact) mass is 406 g/mol. The molecule has 5 rings (SSSR count). The van der Waals surface area contributed by atoms with Crippen molar-refractivity contribution in [1.82, 2.24) is 30.2 Å². The number of benzene rings is 1. The number of para-hydroxylation sites is 2. The van der Waals surface area contributed by atoms with E-state index in [1.807, 2.05) is 24.3 Å². The molecule has 4 N–H and O–H groups in total. The van der Waals surface area contributed by atoms with Gasteiger partial charge in [-0.3, -0.25) is 9.78 Å². The number of amides is 1. The number of nitrogens with one attached hydrogen (secondary N) is 2. The van der Waals surface area contributed by atoms with Crippen LogP contribution in [-0.2, 0) is 0 Å². The zero-order chi connectivity index (χ0) is 20.5. The predicted molar refractivity (Wildman–Crippen MR) is 120 cm³/mol. The molecule has 30 heavy (non-hydrogen) atoms. The quantitative estimate of drug-likeness (QED) is 0.476. The van der Waals surface area contributed by atoms with E-state index in [0.29, 0.717) is 35.4 Å². The number of H-pyrrole nitrogens is 1. The lowest BCUT2D eigenvalue weighted by Crippen LogP contribution is -2.37. The molecule has 0 spiro atoms. The molecule has 0 radical (unpaired) electrons. The Morgan fingerprint density at radius 3 is 2.87 bits per heavy atom. The van der Waals surface area contributed by atoms with Crippen molar-refractivity contribution in [1.29, 1.82) is 0 Å². The van der Waals surface area contributed by atoms with E-state index in [-0.39, 0.29) is 16.2 Å². The number of nitrogens with zero attached hydrogens (tertiary/aromatic N) is 5. The number of aromatic amines is 1. The second-order valence-corrected chi connectivity index (χ2v) is 7.18. The van der Waals surface area contributed by atoms with E-state index in [9.17, 15) is 4.79 Å².